The Hall–Kier alpha value is -1.37. The molecule has 0 radical (unpaired) electrons. The van der Waals surface area contributed by atoms with E-state index in [0.29, 0.717) is 17.3 Å². The van der Waals surface area contributed by atoms with E-state index in [9.17, 15) is 4.79 Å². The zero-order chi connectivity index (χ0) is 21.2. The Morgan fingerprint density at radius 3 is 2.58 bits per heavy atom. The monoisotopic (exact) mass is 460 g/mol. The molecule has 2 heterocycles. The minimum atomic E-state index is -0.209. The number of carbonyl (C=O) groups excluding carboxylic acids is 1. The molecule has 4 aliphatic carbocycles. The number of halogens is 1. The lowest BCUT2D eigenvalue weighted by Crippen LogP contribution is -2.55. The summed E-state index contributed by atoms with van der Waals surface area (Å²) in [5.74, 6) is 3.15. The number of fused-ring (bicyclic) bond motifs is 1. The number of thiazole rings is 1. The molecular formula is C24H29ClN2O3S. The van der Waals surface area contributed by atoms with Gasteiger partial charge in [0.05, 0.1) is 34.9 Å². The van der Waals surface area contributed by atoms with Crippen molar-refractivity contribution in [2.75, 3.05) is 25.2 Å². The first-order valence-electron chi connectivity index (χ1n) is 11.6. The lowest BCUT2D eigenvalue weighted by molar-refractivity contribution is -0.143. The summed E-state index contributed by atoms with van der Waals surface area (Å²) < 4.78 is 12.4. The molecule has 7 rings (SSSR count). The van der Waals surface area contributed by atoms with Gasteiger partial charge in [-0.3, -0.25) is 9.69 Å². The highest BCUT2D eigenvalue weighted by molar-refractivity contribution is 7.23. The number of nitrogens with zero attached hydrogens (tertiary/aromatic N) is 2. The molecular weight excluding hydrogens is 432 g/mol. The first-order valence-corrected chi connectivity index (χ1v) is 12.8. The van der Waals surface area contributed by atoms with Crippen molar-refractivity contribution >= 4 is 44.2 Å². The molecule has 1 amide bonds. The maximum atomic E-state index is 14.3. The van der Waals surface area contributed by atoms with Crippen molar-refractivity contribution in [1.29, 1.82) is 0 Å². The molecule has 5 aliphatic rings. The number of ether oxygens (including phenoxy) is 2. The second-order valence-electron chi connectivity index (χ2n) is 10.2. The van der Waals surface area contributed by atoms with Gasteiger partial charge < -0.3 is 9.47 Å². The van der Waals surface area contributed by atoms with E-state index in [0.717, 1.165) is 71.8 Å². The van der Waals surface area contributed by atoms with Crippen LogP contribution in [0.2, 0.25) is 5.02 Å². The van der Waals surface area contributed by atoms with Gasteiger partial charge in [0.2, 0.25) is 5.91 Å². The standard InChI is InChI=1S/C24H29ClN2O3S/c1-29-19-5-4-18(25)21-20(19)26-23(31-21)27(13-17-3-2-6-30-17)22(28)24-10-14-7-15(11-24)9-16(8-14)12-24/h4-5,14-17H,2-3,6-13H2,1H3. The van der Waals surface area contributed by atoms with Crippen molar-refractivity contribution in [1.82, 2.24) is 4.98 Å². The van der Waals surface area contributed by atoms with Crippen LogP contribution in [0.5, 0.6) is 5.75 Å². The number of rotatable bonds is 5. The molecule has 2 aromatic rings. The van der Waals surface area contributed by atoms with E-state index >= 15 is 0 Å². The van der Waals surface area contributed by atoms with Crippen LogP contribution in [0.1, 0.15) is 51.4 Å². The van der Waals surface area contributed by atoms with Gasteiger partial charge in [-0.25, -0.2) is 4.98 Å². The van der Waals surface area contributed by atoms with Gasteiger partial charge in [0.25, 0.3) is 0 Å². The molecule has 1 atom stereocenters. The summed E-state index contributed by atoms with van der Waals surface area (Å²) in [5.41, 5.74) is 0.532. The van der Waals surface area contributed by atoms with E-state index in [1.807, 2.05) is 17.0 Å². The topological polar surface area (TPSA) is 51.7 Å². The Morgan fingerprint density at radius 1 is 1.26 bits per heavy atom. The molecule has 4 saturated carbocycles. The minimum absolute atomic E-state index is 0.0854. The van der Waals surface area contributed by atoms with Crippen LogP contribution < -0.4 is 9.64 Å². The molecule has 5 fully saturated rings. The van der Waals surface area contributed by atoms with Gasteiger partial charge in [0.15, 0.2) is 5.13 Å². The zero-order valence-corrected chi connectivity index (χ0v) is 19.5. The summed E-state index contributed by atoms with van der Waals surface area (Å²) in [4.78, 5) is 21.1. The highest BCUT2D eigenvalue weighted by Gasteiger charge is 2.56. The average molecular weight is 461 g/mol. The minimum Gasteiger partial charge on any atom is -0.494 e. The van der Waals surface area contributed by atoms with Gasteiger partial charge >= 0.3 is 0 Å². The zero-order valence-electron chi connectivity index (χ0n) is 17.9. The van der Waals surface area contributed by atoms with Crippen molar-refractivity contribution in [2.24, 2.45) is 23.2 Å². The van der Waals surface area contributed by atoms with E-state index in [2.05, 4.69) is 0 Å². The number of amides is 1. The third-order valence-corrected chi connectivity index (χ3v) is 9.58. The van der Waals surface area contributed by atoms with E-state index in [-0.39, 0.29) is 17.4 Å². The second-order valence-corrected chi connectivity index (χ2v) is 11.6. The Balaban J connectivity index is 1.40. The lowest BCUT2D eigenvalue weighted by atomic mass is 9.49. The van der Waals surface area contributed by atoms with Gasteiger partial charge in [-0.2, -0.15) is 0 Å². The van der Waals surface area contributed by atoms with Gasteiger partial charge in [0, 0.05) is 6.61 Å². The number of aromatic nitrogens is 1. The SMILES string of the molecule is COc1ccc(Cl)c2sc(N(CC3CCCO3)C(=O)C34CC5CC(CC(C5)C3)C4)nc12. The second kappa shape index (κ2) is 7.60. The molecule has 1 saturated heterocycles. The molecule has 1 aliphatic heterocycles. The van der Waals surface area contributed by atoms with Crippen LogP contribution in [0.3, 0.4) is 0 Å². The fraction of sp³-hybridized carbons (Fsp3) is 0.667. The molecule has 4 bridgehead atoms. The molecule has 31 heavy (non-hydrogen) atoms. The van der Waals surface area contributed by atoms with Crippen LogP contribution in [-0.2, 0) is 9.53 Å². The summed E-state index contributed by atoms with van der Waals surface area (Å²) in [6.45, 7) is 1.36. The smallest absolute Gasteiger partial charge is 0.235 e. The van der Waals surface area contributed by atoms with Crippen LogP contribution in [0.25, 0.3) is 10.2 Å². The molecule has 1 aromatic carbocycles. The predicted octanol–water partition coefficient (Wildman–Crippen LogP) is 5.69. The van der Waals surface area contributed by atoms with Crippen LogP contribution in [0.15, 0.2) is 12.1 Å². The van der Waals surface area contributed by atoms with E-state index < -0.39 is 0 Å². The molecule has 0 spiro atoms. The predicted molar refractivity (Wildman–Crippen MR) is 123 cm³/mol. The number of hydrogen-bond acceptors (Lipinski definition) is 5. The largest absolute Gasteiger partial charge is 0.494 e. The van der Waals surface area contributed by atoms with Gasteiger partial charge in [-0.1, -0.05) is 22.9 Å². The molecule has 0 N–H and O–H groups in total. The number of benzene rings is 1. The van der Waals surface area contributed by atoms with Gasteiger partial charge in [0.1, 0.15) is 11.3 Å². The van der Waals surface area contributed by atoms with Gasteiger partial charge in [-0.15, -0.1) is 0 Å². The fourth-order valence-electron chi connectivity index (χ4n) is 7.12. The Morgan fingerprint density at radius 2 is 1.97 bits per heavy atom. The lowest BCUT2D eigenvalue weighted by Gasteiger charge is -2.56. The number of anilines is 1. The van der Waals surface area contributed by atoms with Crippen molar-refractivity contribution < 1.29 is 14.3 Å². The first kappa shape index (κ1) is 20.3. The summed E-state index contributed by atoms with van der Waals surface area (Å²) in [6.07, 6.45) is 9.27. The molecule has 166 valence electrons. The highest BCUT2D eigenvalue weighted by atomic mass is 35.5. The van der Waals surface area contributed by atoms with Crippen molar-refractivity contribution in [3.05, 3.63) is 17.2 Å². The van der Waals surface area contributed by atoms with Crippen LogP contribution in [0.4, 0.5) is 5.13 Å². The van der Waals surface area contributed by atoms with Crippen molar-refractivity contribution in [3.8, 4) is 5.75 Å². The van der Waals surface area contributed by atoms with E-state index in [4.69, 9.17) is 26.1 Å². The Labute approximate surface area is 192 Å². The summed E-state index contributed by atoms with van der Waals surface area (Å²) in [6, 6.07) is 3.69. The highest BCUT2D eigenvalue weighted by Crippen LogP contribution is 2.61. The molecule has 5 nitrogen and oxygen atoms in total. The number of methoxy groups -OCH3 is 1. The number of carbonyl (C=O) groups is 1. The molecule has 1 aromatic heterocycles. The van der Waals surface area contributed by atoms with Gasteiger partial charge in [-0.05, 0) is 81.3 Å². The van der Waals surface area contributed by atoms with Crippen molar-refractivity contribution in [3.63, 3.8) is 0 Å². The van der Waals surface area contributed by atoms with Crippen LogP contribution >= 0.6 is 22.9 Å². The molecule has 1 unspecified atom stereocenters. The summed E-state index contributed by atoms with van der Waals surface area (Å²) >= 11 is 8.00. The molecule has 7 heteroatoms. The Kier molecular flexibility index (Phi) is 4.96. The fourth-order valence-corrected chi connectivity index (χ4v) is 8.38. The van der Waals surface area contributed by atoms with E-state index in [1.54, 1.807) is 7.11 Å². The van der Waals surface area contributed by atoms with Crippen LogP contribution in [-0.4, -0.2) is 37.3 Å². The van der Waals surface area contributed by atoms with Crippen LogP contribution in [0, 0.1) is 23.2 Å². The Bertz CT molecular complexity index is 980. The first-order chi connectivity index (χ1) is 15.0. The van der Waals surface area contributed by atoms with E-state index in [1.165, 1.54) is 30.6 Å². The average Bonchev–Trinajstić information content (AvgIpc) is 3.41. The van der Waals surface area contributed by atoms with Crippen molar-refractivity contribution in [2.45, 2.75) is 57.5 Å². The maximum Gasteiger partial charge on any atom is 0.235 e. The normalized spacial score (nSPS) is 33.9. The summed E-state index contributed by atoms with van der Waals surface area (Å²) in [7, 11) is 1.65. The third-order valence-electron chi connectivity index (χ3n) is 8.05. The quantitative estimate of drug-likeness (QED) is 0.575. The summed E-state index contributed by atoms with van der Waals surface area (Å²) in [5, 5.41) is 1.39. The maximum absolute atomic E-state index is 14.3. The number of hydrogen-bond donors (Lipinski definition) is 0. The third kappa shape index (κ3) is 3.37.